The monoisotopic (exact) mass is 268 g/mol. The van der Waals surface area contributed by atoms with E-state index in [0.717, 1.165) is 5.92 Å². The number of rotatable bonds is 14. The quantitative estimate of drug-likeness (QED) is 0.266. The van der Waals surface area contributed by atoms with Crippen molar-refractivity contribution in [3.05, 3.63) is 0 Å². The molecule has 1 fully saturated rings. The highest BCUT2D eigenvalue weighted by Crippen LogP contribution is 2.34. The van der Waals surface area contributed by atoms with E-state index in [-0.39, 0.29) is 0 Å². The lowest BCUT2D eigenvalue weighted by molar-refractivity contribution is 0.419. The van der Waals surface area contributed by atoms with Crippen molar-refractivity contribution in [2.45, 2.75) is 103 Å². The second-order valence-corrected chi connectivity index (χ2v) is 6.50. The number of hydrazine groups is 1. The van der Waals surface area contributed by atoms with E-state index in [1.54, 1.807) is 0 Å². The van der Waals surface area contributed by atoms with E-state index in [0.29, 0.717) is 6.04 Å². The van der Waals surface area contributed by atoms with Gasteiger partial charge in [0, 0.05) is 6.04 Å². The van der Waals surface area contributed by atoms with Gasteiger partial charge < -0.3 is 0 Å². The second-order valence-electron chi connectivity index (χ2n) is 6.50. The number of nitrogens with two attached hydrogens (primary N) is 1. The molecule has 0 bridgehead atoms. The molecule has 19 heavy (non-hydrogen) atoms. The van der Waals surface area contributed by atoms with Crippen LogP contribution in [0.3, 0.4) is 0 Å². The van der Waals surface area contributed by atoms with Crippen molar-refractivity contribution in [1.82, 2.24) is 5.43 Å². The summed E-state index contributed by atoms with van der Waals surface area (Å²) < 4.78 is 0. The fourth-order valence-electron chi connectivity index (χ4n) is 2.86. The molecule has 0 aliphatic heterocycles. The highest BCUT2D eigenvalue weighted by atomic mass is 15.2. The Morgan fingerprint density at radius 1 is 0.895 bits per heavy atom. The Labute approximate surface area is 120 Å². The first-order chi connectivity index (χ1) is 9.36. The summed E-state index contributed by atoms with van der Waals surface area (Å²) in [5, 5.41) is 0. The minimum atomic E-state index is 0.574. The van der Waals surface area contributed by atoms with Gasteiger partial charge in [0.1, 0.15) is 0 Å². The van der Waals surface area contributed by atoms with Crippen LogP contribution in [-0.2, 0) is 0 Å². The molecule has 1 rings (SSSR count). The summed E-state index contributed by atoms with van der Waals surface area (Å²) >= 11 is 0. The largest absolute Gasteiger partial charge is 0.271 e. The molecule has 1 atom stereocenters. The van der Waals surface area contributed by atoms with E-state index in [9.17, 15) is 0 Å². The predicted octanol–water partition coefficient (Wildman–Crippen LogP) is 4.93. The maximum Gasteiger partial charge on any atom is 0.0210 e. The first-order valence-corrected chi connectivity index (χ1v) is 8.83. The van der Waals surface area contributed by atoms with Crippen LogP contribution in [0.5, 0.6) is 0 Å². The predicted molar refractivity (Wildman–Crippen MR) is 84.9 cm³/mol. The van der Waals surface area contributed by atoms with Crippen molar-refractivity contribution in [2.24, 2.45) is 11.8 Å². The van der Waals surface area contributed by atoms with Crippen LogP contribution >= 0.6 is 0 Å². The zero-order valence-corrected chi connectivity index (χ0v) is 13.1. The molecule has 1 saturated carbocycles. The molecule has 2 nitrogen and oxygen atoms in total. The standard InChI is InChI=1S/C17H36N2/c1-2-3-4-5-6-7-8-9-10-11-17(19-18)15-14-16-12-13-16/h16-17,19H,2-15,18H2,1H3. The SMILES string of the molecule is CCCCCCCCCCCC(CCC1CC1)NN. The van der Waals surface area contributed by atoms with Crippen LogP contribution in [0, 0.1) is 5.92 Å². The molecule has 2 heteroatoms. The summed E-state index contributed by atoms with van der Waals surface area (Å²) in [7, 11) is 0. The van der Waals surface area contributed by atoms with Crippen molar-refractivity contribution >= 4 is 0 Å². The Hall–Kier alpha value is -0.0800. The van der Waals surface area contributed by atoms with Gasteiger partial charge in [-0.25, -0.2) is 0 Å². The first-order valence-electron chi connectivity index (χ1n) is 8.83. The summed E-state index contributed by atoms with van der Waals surface area (Å²) in [5.41, 5.74) is 3.01. The Bertz CT molecular complexity index is 190. The average molecular weight is 268 g/mol. The highest BCUT2D eigenvalue weighted by molar-refractivity contribution is 4.76. The summed E-state index contributed by atoms with van der Waals surface area (Å²) in [4.78, 5) is 0. The summed E-state index contributed by atoms with van der Waals surface area (Å²) in [5.74, 6) is 6.68. The van der Waals surface area contributed by atoms with E-state index in [1.165, 1.54) is 89.9 Å². The van der Waals surface area contributed by atoms with Gasteiger partial charge in [-0.2, -0.15) is 0 Å². The lowest BCUT2D eigenvalue weighted by atomic mass is 10.0. The van der Waals surface area contributed by atoms with E-state index in [4.69, 9.17) is 5.84 Å². The molecule has 0 amide bonds. The van der Waals surface area contributed by atoms with Gasteiger partial charge in [0.15, 0.2) is 0 Å². The van der Waals surface area contributed by atoms with E-state index < -0.39 is 0 Å². The Kier molecular flexibility index (Phi) is 10.5. The molecule has 1 aliphatic rings. The normalized spacial score (nSPS) is 16.7. The molecule has 0 aromatic carbocycles. The molecular weight excluding hydrogens is 232 g/mol. The molecule has 0 heterocycles. The molecule has 3 N–H and O–H groups in total. The van der Waals surface area contributed by atoms with E-state index in [2.05, 4.69) is 12.3 Å². The van der Waals surface area contributed by atoms with Gasteiger partial charge in [0.25, 0.3) is 0 Å². The smallest absolute Gasteiger partial charge is 0.0210 e. The first kappa shape index (κ1) is 17.0. The molecule has 114 valence electrons. The van der Waals surface area contributed by atoms with Crippen LogP contribution in [0.4, 0.5) is 0 Å². The van der Waals surface area contributed by atoms with Crippen LogP contribution in [0.15, 0.2) is 0 Å². The maximum absolute atomic E-state index is 5.64. The van der Waals surface area contributed by atoms with Crippen LogP contribution in [0.1, 0.15) is 96.8 Å². The van der Waals surface area contributed by atoms with Crippen molar-refractivity contribution in [1.29, 1.82) is 0 Å². The van der Waals surface area contributed by atoms with Gasteiger partial charge in [0.05, 0.1) is 0 Å². The van der Waals surface area contributed by atoms with Gasteiger partial charge >= 0.3 is 0 Å². The van der Waals surface area contributed by atoms with Crippen molar-refractivity contribution in [3.8, 4) is 0 Å². The molecule has 0 aromatic rings. The summed E-state index contributed by atoms with van der Waals surface area (Å²) in [6.07, 6.45) is 19.6. The number of hydrogen-bond acceptors (Lipinski definition) is 2. The Balaban J connectivity index is 1.79. The zero-order chi connectivity index (χ0) is 13.8. The Morgan fingerprint density at radius 2 is 1.47 bits per heavy atom. The van der Waals surface area contributed by atoms with E-state index in [1.807, 2.05) is 0 Å². The molecular formula is C17H36N2. The Morgan fingerprint density at radius 3 is 2.00 bits per heavy atom. The minimum absolute atomic E-state index is 0.574. The lowest BCUT2D eigenvalue weighted by Gasteiger charge is -2.15. The number of nitrogens with one attached hydrogen (secondary N) is 1. The van der Waals surface area contributed by atoms with Crippen LogP contribution in [0.25, 0.3) is 0 Å². The van der Waals surface area contributed by atoms with Gasteiger partial charge in [-0.05, 0) is 25.2 Å². The van der Waals surface area contributed by atoms with Crippen molar-refractivity contribution in [3.63, 3.8) is 0 Å². The maximum atomic E-state index is 5.64. The van der Waals surface area contributed by atoms with Gasteiger partial charge in [-0.15, -0.1) is 0 Å². The van der Waals surface area contributed by atoms with Crippen molar-refractivity contribution < 1.29 is 0 Å². The fraction of sp³-hybridized carbons (Fsp3) is 1.00. The lowest BCUT2D eigenvalue weighted by Crippen LogP contribution is -2.35. The fourth-order valence-corrected chi connectivity index (χ4v) is 2.86. The highest BCUT2D eigenvalue weighted by Gasteiger charge is 2.21. The van der Waals surface area contributed by atoms with Gasteiger partial charge in [-0.1, -0.05) is 77.6 Å². The topological polar surface area (TPSA) is 38.0 Å². The third-order valence-electron chi connectivity index (χ3n) is 4.51. The van der Waals surface area contributed by atoms with Crippen LogP contribution < -0.4 is 11.3 Å². The third-order valence-corrected chi connectivity index (χ3v) is 4.51. The van der Waals surface area contributed by atoms with Crippen LogP contribution in [-0.4, -0.2) is 6.04 Å². The molecule has 0 saturated heterocycles. The van der Waals surface area contributed by atoms with Crippen molar-refractivity contribution in [2.75, 3.05) is 0 Å². The number of unbranched alkanes of at least 4 members (excludes halogenated alkanes) is 8. The molecule has 0 radical (unpaired) electrons. The number of hydrogen-bond donors (Lipinski definition) is 2. The van der Waals surface area contributed by atoms with Crippen LogP contribution in [0.2, 0.25) is 0 Å². The summed E-state index contributed by atoms with van der Waals surface area (Å²) in [6.45, 7) is 2.28. The average Bonchev–Trinajstić information content (AvgIpc) is 3.24. The summed E-state index contributed by atoms with van der Waals surface area (Å²) in [6, 6.07) is 0.574. The zero-order valence-electron chi connectivity index (χ0n) is 13.1. The van der Waals surface area contributed by atoms with E-state index >= 15 is 0 Å². The molecule has 0 spiro atoms. The molecule has 1 unspecified atom stereocenters. The third kappa shape index (κ3) is 10.4. The second kappa shape index (κ2) is 11.7. The van der Waals surface area contributed by atoms with Gasteiger partial charge in [0.2, 0.25) is 0 Å². The minimum Gasteiger partial charge on any atom is -0.271 e. The molecule has 0 aromatic heterocycles. The van der Waals surface area contributed by atoms with Gasteiger partial charge in [-0.3, -0.25) is 11.3 Å². The molecule has 1 aliphatic carbocycles.